The first kappa shape index (κ1) is 12.6. The number of nitrogens with one attached hydrogen (secondary N) is 1. The second-order valence-corrected chi connectivity index (χ2v) is 4.72. The van der Waals surface area contributed by atoms with Gasteiger partial charge in [-0.3, -0.25) is 0 Å². The van der Waals surface area contributed by atoms with E-state index in [0.29, 0.717) is 24.0 Å². The summed E-state index contributed by atoms with van der Waals surface area (Å²) in [5.74, 6) is 1.32. The van der Waals surface area contributed by atoms with E-state index in [-0.39, 0.29) is 12.4 Å². The summed E-state index contributed by atoms with van der Waals surface area (Å²) in [6.07, 6.45) is 6.32. The predicted octanol–water partition coefficient (Wildman–Crippen LogP) is 1.45. The Morgan fingerprint density at radius 2 is 1.94 bits per heavy atom. The third-order valence-corrected chi connectivity index (χ3v) is 3.68. The molecule has 4 nitrogen and oxygen atoms in total. The van der Waals surface area contributed by atoms with Gasteiger partial charge in [0.15, 0.2) is 0 Å². The molecule has 5 heteroatoms. The van der Waals surface area contributed by atoms with Crippen LogP contribution in [0.2, 0.25) is 0 Å². The van der Waals surface area contributed by atoms with Gasteiger partial charge in [-0.25, -0.2) is 9.97 Å². The molecule has 2 bridgehead atoms. The maximum absolute atomic E-state index is 5.85. The van der Waals surface area contributed by atoms with E-state index in [0.717, 1.165) is 25.1 Å². The van der Waals surface area contributed by atoms with Crippen LogP contribution in [0.3, 0.4) is 0 Å². The maximum Gasteiger partial charge on any atom is 0.316 e. The number of ether oxygens (including phenoxy) is 1. The van der Waals surface area contributed by atoms with Gasteiger partial charge < -0.3 is 10.1 Å². The standard InChI is InChI=1S/C12H17N3O.ClH/c1-2-8-4-14-12(15-5-8)16-11-9-3-10(11)7-13-6-9;/h4-5,9-11,13H,2-3,6-7H2,1H3;1H/t9-,10+,11?;. The predicted molar refractivity (Wildman–Crippen MR) is 67.5 cm³/mol. The van der Waals surface area contributed by atoms with Crippen LogP contribution in [0.1, 0.15) is 18.9 Å². The first-order chi connectivity index (χ1) is 7.86. The number of nitrogens with zero attached hydrogens (tertiary/aromatic N) is 2. The second-order valence-electron chi connectivity index (χ2n) is 4.72. The Labute approximate surface area is 108 Å². The third-order valence-electron chi connectivity index (χ3n) is 3.68. The van der Waals surface area contributed by atoms with Gasteiger partial charge in [-0.15, -0.1) is 12.4 Å². The zero-order chi connectivity index (χ0) is 11.0. The molecule has 1 aliphatic heterocycles. The first-order valence-electron chi connectivity index (χ1n) is 6.05. The molecule has 17 heavy (non-hydrogen) atoms. The van der Waals surface area contributed by atoms with Gasteiger partial charge >= 0.3 is 6.01 Å². The Balaban J connectivity index is 0.00000108. The van der Waals surface area contributed by atoms with Crippen molar-refractivity contribution in [3.8, 4) is 6.01 Å². The minimum Gasteiger partial charge on any atom is -0.459 e. The Hall–Kier alpha value is -0.870. The second kappa shape index (κ2) is 5.19. The van der Waals surface area contributed by atoms with Crippen LogP contribution in [0, 0.1) is 11.8 Å². The van der Waals surface area contributed by atoms with Crippen LogP contribution in [-0.2, 0) is 6.42 Å². The van der Waals surface area contributed by atoms with Crippen molar-refractivity contribution < 1.29 is 4.74 Å². The van der Waals surface area contributed by atoms with Crippen molar-refractivity contribution in [2.24, 2.45) is 11.8 Å². The van der Waals surface area contributed by atoms with E-state index in [1.807, 2.05) is 12.4 Å². The quantitative estimate of drug-likeness (QED) is 0.888. The highest BCUT2D eigenvalue weighted by Gasteiger charge is 2.45. The molecule has 3 atom stereocenters. The van der Waals surface area contributed by atoms with Crippen molar-refractivity contribution in [2.75, 3.05) is 13.1 Å². The fraction of sp³-hybridized carbons (Fsp3) is 0.667. The fourth-order valence-electron chi connectivity index (χ4n) is 2.60. The summed E-state index contributed by atoms with van der Waals surface area (Å²) in [5.41, 5.74) is 1.16. The van der Waals surface area contributed by atoms with Gasteiger partial charge in [0.25, 0.3) is 0 Å². The lowest BCUT2D eigenvalue weighted by Crippen LogP contribution is -2.59. The van der Waals surface area contributed by atoms with E-state index in [1.165, 1.54) is 6.42 Å². The van der Waals surface area contributed by atoms with Gasteiger partial charge in [-0.05, 0) is 18.4 Å². The summed E-state index contributed by atoms with van der Waals surface area (Å²) in [6, 6.07) is 0.541. The fourth-order valence-corrected chi connectivity index (χ4v) is 2.60. The molecule has 1 aromatic rings. The van der Waals surface area contributed by atoms with Crippen molar-refractivity contribution in [2.45, 2.75) is 25.9 Å². The number of hydrogen-bond donors (Lipinski definition) is 1. The van der Waals surface area contributed by atoms with Crippen molar-refractivity contribution in [3.05, 3.63) is 18.0 Å². The lowest BCUT2D eigenvalue weighted by atomic mass is 9.69. The van der Waals surface area contributed by atoms with Crippen LogP contribution in [0.15, 0.2) is 12.4 Å². The Bertz CT molecular complexity index is 357. The molecule has 2 aliphatic rings. The molecular formula is C12H18ClN3O. The summed E-state index contributed by atoms with van der Waals surface area (Å²) < 4.78 is 5.85. The summed E-state index contributed by atoms with van der Waals surface area (Å²) in [6.45, 7) is 4.25. The van der Waals surface area contributed by atoms with Crippen LogP contribution in [-0.4, -0.2) is 29.2 Å². The van der Waals surface area contributed by atoms with Crippen LogP contribution >= 0.6 is 12.4 Å². The van der Waals surface area contributed by atoms with Crippen molar-refractivity contribution >= 4 is 12.4 Å². The Morgan fingerprint density at radius 3 is 2.47 bits per heavy atom. The SMILES string of the molecule is CCc1cnc(OC2[C@@H]3CNC[C@H]2C3)nc1.Cl. The number of fused-ring (bicyclic) bond motifs is 2. The maximum atomic E-state index is 5.85. The average Bonchev–Trinajstić information content (AvgIpc) is 2.37. The molecule has 0 radical (unpaired) electrons. The minimum absolute atomic E-state index is 0. The molecule has 0 amide bonds. The molecule has 94 valence electrons. The van der Waals surface area contributed by atoms with Crippen molar-refractivity contribution in [1.82, 2.24) is 15.3 Å². The molecule has 1 aromatic heterocycles. The van der Waals surface area contributed by atoms with Gasteiger partial charge in [-0.1, -0.05) is 6.92 Å². The summed E-state index contributed by atoms with van der Waals surface area (Å²) in [7, 11) is 0. The third kappa shape index (κ3) is 2.38. The van der Waals surface area contributed by atoms with Gasteiger partial charge in [0.2, 0.25) is 0 Å². The molecule has 2 fully saturated rings. The molecular weight excluding hydrogens is 238 g/mol. The number of rotatable bonds is 3. The Morgan fingerprint density at radius 1 is 1.29 bits per heavy atom. The highest BCUT2D eigenvalue weighted by atomic mass is 35.5. The van der Waals surface area contributed by atoms with Gasteiger partial charge in [0.05, 0.1) is 0 Å². The number of aromatic nitrogens is 2. The molecule has 1 saturated carbocycles. The number of halogens is 1. The normalized spacial score (nSPS) is 30.1. The molecule has 1 saturated heterocycles. The van der Waals surface area contributed by atoms with Gasteiger partial charge in [-0.2, -0.15) is 0 Å². The highest BCUT2D eigenvalue weighted by Crippen LogP contribution is 2.38. The average molecular weight is 256 g/mol. The largest absolute Gasteiger partial charge is 0.459 e. The van der Waals surface area contributed by atoms with E-state index >= 15 is 0 Å². The van der Waals surface area contributed by atoms with Crippen LogP contribution in [0.4, 0.5) is 0 Å². The molecule has 1 N–H and O–H groups in total. The van der Waals surface area contributed by atoms with E-state index in [9.17, 15) is 0 Å². The van der Waals surface area contributed by atoms with Gasteiger partial charge in [0, 0.05) is 37.3 Å². The smallest absolute Gasteiger partial charge is 0.316 e. The minimum atomic E-state index is 0. The molecule has 1 unspecified atom stereocenters. The number of hydrogen-bond acceptors (Lipinski definition) is 4. The molecule has 0 spiro atoms. The summed E-state index contributed by atoms with van der Waals surface area (Å²) in [5, 5.41) is 3.40. The monoisotopic (exact) mass is 255 g/mol. The number of piperidine rings is 2. The van der Waals surface area contributed by atoms with Gasteiger partial charge in [0.1, 0.15) is 6.10 Å². The first-order valence-corrected chi connectivity index (χ1v) is 6.05. The van der Waals surface area contributed by atoms with E-state index in [1.54, 1.807) is 0 Å². The topological polar surface area (TPSA) is 47.0 Å². The van der Waals surface area contributed by atoms with Crippen molar-refractivity contribution in [3.63, 3.8) is 0 Å². The molecule has 3 rings (SSSR count). The zero-order valence-corrected chi connectivity index (χ0v) is 10.7. The van der Waals surface area contributed by atoms with Crippen LogP contribution in [0.25, 0.3) is 0 Å². The molecule has 0 aromatic carbocycles. The summed E-state index contributed by atoms with van der Waals surface area (Å²) >= 11 is 0. The van der Waals surface area contributed by atoms with E-state index < -0.39 is 0 Å². The highest BCUT2D eigenvalue weighted by molar-refractivity contribution is 5.85. The lowest BCUT2D eigenvalue weighted by molar-refractivity contribution is -0.0496. The molecule has 1 aliphatic carbocycles. The lowest BCUT2D eigenvalue weighted by Gasteiger charge is -2.48. The van der Waals surface area contributed by atoms with Crippen LogP contribution < -0.4 is 10.1 Å². The van der Waals surface area contributed by atoms with E-state index in [2.05, 4.69) is 22.2 Å². The number of aryl methyl sites for hydroxylation is 1. The van der Waals surface area contributed by atoms with Crippen molar-refractivity contribution in [1.29, 1.82) is 0 Å². The summed E-state index contributed by atoms with van der Waals surface area (Å²) in [4.78, 5) is 8.49. The van der Waals surface area contributed by atoms with E-state index in [4.69, 9.17) is 4.74 Å². The van der Waals surface area contributed by atoms with Crippen LogP contribution in [0.5, 0.6) is 6.01 Å². The zero-order valence-electron chi connectivity index (χ0n) is 9.93. The Kier molecular flexibility index (Phi) is 3.84. The molecule has 2 heterocycles.